The molecule has 0 spiro atoms. The van der Waals surface area contributed by atoms with Crippen LogP contribution in [0.25, 0.3) is 0 Å². The van der Waals surface area contributed by atoms with E-state index in [0.29, 0.717) is 5.56 Å². The number of rotatable bonds is 7. The number of ether oxygens (including phenoxy) is 2. The zero-order chi connectivity index (χ0) is 15.0. The number of benzene rings is 1. The molecule has 0 aliphatic heterocycles. The third-order valence-electron chi connectivity index (χ3n) is 2.59. The summed E-state index contributed by atoms with van der Waals surface area (Å²) in [6.45, 7) is 1.62. The lowest BCUT2D eigenvalue weighted by Crippen LogP contribution is -2.47. The molecule has 0 aliphatic carbocycles. The SMILES string of the molecule is CCOC(=O)C(NC(=O)COC)C(O)c1ccccc1. The lowest BCUT2D eigenvalue weighted by atomic mass is 10.0. The fourth-order valence-electron chi connectivity index (χ4n) is 1.69. The number of nitrogens with one attached hydrogen (secondary N) is 1. The minimum absolute atomic E-state index is 0.164. The van der Waals surface area contributed by atoms with Gasteiger partial charge in [0.2, 0.25) is 5.91 Å². The Morgan fingerprint density at radius 1 is 1.30 bits per heavy atom. The van der Waals surface area contributed by atoms with Crippen molar-refractivity contribution in [1.82, 2.24) is 5.32 Å². The van der Waals surface area contributed by atoms with Crippen molar-refractivity contribution >= 4 is 11.9 Å². The minimum atomic E-state index is -1.18. The fraction of sp³-hybridized carbons (Fsp3) is 0.429. The largest absolute Gasteiger partial charge is 0.464 e. The summed E-state index contributed by atoms with van der Waals surface area (Å²) in [5, 5.41) is 12.7. The number of aliphatic hydroxyl groups excluding tert-OH is 1. The van der Waals surface area contributed by atoms with Crippen LogP contribution in [0.3, 0.4) is 0 Å². The van der Waals surface area contributed by atoms with Gasteiger partial charge < -0.3 is 19.9 Å². The Labute approximate surface area is 117 Å². The third kappa shape index (κ3) is 4.64. The molecule has 2 atom stereocenters. The molecular formula is C14H19NO5. The van der Waals surface area contributed by atoms with Crippen molar-refractivity contribution in [3.8, 4) is 0 Å². The van der Waals surface area contributed by atoms with Gasteiger partial charge >= 0.3 is 5.97 Å². The van der Waals surface area contributed by atoms with E-state index in [1.54, 1.807) is 37.3 Å². The summed E-state index contributed by atoms with van der Waals surface area (Å²) in [6.07, 6.45) is -1.18. The highest BCUT2D eigenvalue weighted by atomic mass is 16.5. The number of aliphatic hydroxyl groups is 1. The van der Waals surface area contributed by atoms with Gasteiger partial charge in [-0.05, 0) is 12.5 Å². The van der Waals surface area contributed by atoms with Crippen LogP contribution in [0.2, 0.25) is 0 Å². The maximum atomic E-state index is 11.9. The molecule has 2 unspecified atom stereocenters. The van der Waals surface area contributed by atoms with Gasteiger partial charge in [0.05, 0.1) is 6.61 Å². The van der Waals surface area contributed by atoms with Gasteiger partial charge in [0.25, 0.3) is 0 Å². The van der Waals surface area contributed by atoms with Crippen LogP contribution in [0.4, 0.5) is 0 Å². The molecule has 6 nitrogen and oxygen atoms in total. The first-order valence-electron chi connectivity index (χ1n) is 6.28. The average Bonchev–Trinajstić information content (AvgIpc) is 2.45. The first-order chi connectivity index (χ1) is 9.60. The molecule has 0 radical (unpaired) electrons. The van der Waals surface area contributed by atoms with E-state index < -0.39 is 24.0 Å². The Hall–Kier alpha value is -1.92. The Bertz CT molecular complexity index is 434. The Balaban J connectivity index is 2.86. The van der Waals surface area contributed by atoms with Crippen molar-refractivity contribution in [3.05, 3.63) is 35.9 Å². The van der Waals surface area contributed by atoms with Crippen molar-refractivity contribution in [2.75, 3.05) is 20.3 Å². The highest BCUT2D eigenvalue weighted by Gasteiger charge is 2.30. The molecule has 0 saturated carbocycles. The summed E-state index contributed by atoms with van der Waals surface area (Å²) < 4.78 is 9.56. The van der Waals surface area contributed by atoms with Gasteiger partial charge in [-0.1, -0.05) is 30.3 Å². The number of amides is 1. The number of carbonyl (C=O) groups is 2. The van der Waals surface area contributed by atoms with Crippen LogP contribution in [0, 0.1) is 0 Å². The molecule has 0 heterocycles. The molecule has 1 aromatic rings. The van der Waals surface area contributed by atoms with Crippen LogP contribution in [0.1, 0.15) is 18.6 Å². The maximum absolute atomic E-state index is 11.9. The topological polar surface area (TPSA) is 84.9 Å². The standard InChI is InChI=1S/C14H19NO5/c1-3-20-14(18)12(15-11(16)9-19-2)13(17)10-7-5-4-6-8-10/h4-8,12-13,17H,3,9H2,1-2H3,(H,15,16). The van der Waals surface area contributed by atoms with Crippen LogP contribution in [-0.4, -0.2) is 43.3 Å². The van der Waals surface area contributed by atoms with Gasteiger partial charge in [-0.15, -0.1) is 0 Å². The Kier molecular flexibility index (Phi) is 6.69. The van der Waals surface area contributed by atoms with E-state index in [2.05, 4.69) is 10.1 Å². The Morgan fingerprint density at radius 3 is 2.50 bits per heavy atom. The third-order valence-corrected chi connectivity index (χ3v) is 2.59. The van der Waals surface area contributed by atoms with E-state index >= 15 is 0 Å². The van der Waals surface area contributed by atoms with Crippen LogP contribution >= 0.6 is 0 Å². The second-order valence-electron chi connectivity index (χ2n) is 4.09. The van der Waals surface area contributed by atoms with Gasteiger partial charge in [0, 0.05) is 7.11 Å². The molecule has 0 saturated heterocycles. The first kappa shape index (κ1) is 16.1. The van der Waals surface area contributed by atoms with E-state index in [1.807, 2.05) is 0 Å². The lowest BCUT2D eigenvalue weighted by Gasteiger charge is -2.22. The summed E-state index contributed by atoms with van der Waals surface area (Å²) in [5.41, 5.74) is 0.517. The van der Waals surface area contributed by atoms with Crippen LogP contribution in [0.5, 0.6) is 0 Å². The van der Waals surface area contributed by atoms with Gasteiger partial charge in [0.15, 0.2) is 6.04 Å². The molecule has 6 heteroatoms. The molecule has 0 fully saturated rings. The van der Waals surface area contributed by atoms with Crippen LogP contribution < -0.4 is 5.32 Å². The smallest absolute Gasteiger partial charge is 0.331 e. The van der Waals surface area contributed by atoms with Gasteiger partial charge in [-0.25, -0.2) is 4.79 Å². The number of hydrogen-bond donors (Lipinski definition) is 2. The van der Waals surface area contributed by atoms with E-state index in [4.69, 9.17) is 4.74 Å². The van der Waals surface area contributed by atoms with Gasteiger partial charge in [-0.3, -0.25) is 4.79 Å². The first-order valence-corrected chi connectivity index (χ1v) is 6.28. The van der Waals surface area contributed by atoms with E-state index in [1.165, 1.54) is 7.11 Å². The Morgan fingerprint density at radius 2 is 1.95 bits per heavy atom. The van der Waals surface area contributed by atoms with Gasteiger partial charge in [0.1, 0.15) is 12.7 Å². The average molecular weight is 281 g/mol. The minimum Gasteiger partial charge on any atom is -0.464 e. The molecule has 1 amide bonds. The number of esters is 1. The molecule has 1 rings (SSSR count). The number of carbonyl (C=O) groups excluding carboxylic acids is 2. The molecule has 20 heavy (non-hydrogen) atoms. The predicted molar refractivity (Wildman–Crippen MR) is 71.8 cm³/mol. The molecule has 0 bridgehead atoms. The second kappa shape index (κ2) is 8.29. The van der Waals surface area contributed by atoms with E-state index in [0.717, 1.165) is 0 Å². The molecule has 110 valence electrons. The summed E-state index contributed by atoms with van der Waals surface area (Å²) in [7, 11) is 1.37. The monoisotopic (exact) mass is 281 g/mol. The molecule has 0 aliphatic rings. The van der Waals surface area contributed by atoms with Crippen molar-refractivity contribution in [2.45, 2.75) is 19.1 Å². The normalized spacial score (nSPS) is 13.3. The second-order valence-corrected chi connectivity index (χ2v) is 4.09. The molecular weight excluding hydrogens is 262 g/mol. The van der Waals surface area contributed by atoms with Crippen LogP contribution in [-0.2, 0) is 19.1 Å². The van der Waals surface area contributed by atoms with E-state index in [9.17, 15) is 14.7 Å². The fourth-order valence-corrected chi connectivity index (χ4v) is 1.69. The molecule has 2 N–H and O–H groups in total. The quantitative estimate of drug-likeness (QED) is 0.707. The van der Waals surface area contributed by atoms with E-state index in [-0.39, 0.29) is 13.2 Å². The highest BCUT2D eigenvalue weighted by Crippen LogP contribution is 2.17. The van der Waals surface area contributed by atoms with Gasteiger partial charge in [-0.2, -0.15) is 0 Å². The van der Waals surface area contributed by atoms with Crippen molar-refractivity contribution in [2.24, 2.45) is 0 Å². The number of hydrogen-bond acceptors (Lipinski definition) is 5. The number of methoxy groups -OCH3 is 1. The zero-order valence-electron chi connectivity index (χ0n) is 11.5. The summed E-state index contributed by atoms with van der Waals surface area (Å²) in [4.78, 5) is 23.4. The predicted octanol–water partition coefficient (Wildman–Crippen LogP) is 0.414. The zero-order valence-corrected chi connectivity index (χ0v) is 11.5. The molecule has 0 aromatic heterocycles. The van der Waals surface area contributed by atoms with Crippen molar-refractivity contribution < 1.29 is 24.2 Å². The van der Waals surface area contributed by atoms with Crippen molar-refractivity contribution in [3.63, 3.8) is 0 Å². The maximum Gasteiger partial charge on any atom is 0.331 e. The summed E-state index contributed by atoms with van der Waals surface area (Å²) in [5.74, 6) is -1.19. The van der Waals surface area contributed by atoms with Crippen molar-refractivity contribution in [1.29, 1.82) is 0 Å². The highest BCUT2D eigenvalue weighted by molar-refractivity contribution is 5.85. The summed E-state index contributed by atoms with van der Waals surface area (Å²) in [6, 6.07) is 7.42. The lowest BCUT2D eigenvalue weighted by molar-refractivity contribution is -0.151. The summed E-state index contributed by atoms with van der Waals surface area (Å²) >= 11 is 0. The van der Waals surface area contributed by atoms with Crippen LogP contribution in [0.15, 0.2) is 30.3 Å². The molecule has 1 aromatic carbocycles.